The SMILES string of the molecule is CNC(=O)C(CCC=O)N1C(=O)c2ccc(N3CC4CC(N5CCC(CN6CCN7C(/C=C(\N)c8ccccc8O)=C(N)NCC7C6)CC5)C4C3)cc2C1=O. The van der Waals surface area contributed by atoms with Crippen molar-refractivity contribution in [2.24, 2.45) is 29.2 Å². The Morgan fingerprint density at radius 3 is 2.58 bits per heavy atom. The van der Waals surface area contributed by atoms with Gasteiger partial charge in [0.05, 0.1) is 22.9 Å². The monoisotopic (exact) mass is 751 g/mol. The van der Waals surface area contributed by atoms with Gasteiger partial charge < -0.3 is 41.8 Å². The summed E-state index contributed by atoms with van der Waals surface area (Å²) in [6.45, 7) is 8.79. The van der Waals surface area contributed by atoms with E-state index < -0.39 is 23.8 Å². The Labute approximate surface area is 322 Å². The van der Waals surface area contributed by atoms with Gasteiger partial charge in [-0.15, -0.1) is 0 Å². The molecule has 0 bridgehead atoms. The average Bonchev–Trinajstić information content (AvgIpc) is 3.65. The first-order valence-electron chi connectivity index (χ1n) is 19.8. The van der Waals surface area contributed by atoms with Gasteiger partial charge in [-0.2, -0.15) is 0 Å². The molecule has 8 rings (SSSR count). The molecule has 1 aliphatic carbocycles. The van der Waals surface area contributed by atoms with E-state index in [1.165, 1.54) is 26.3 Å². The number of likely N-dealkylation sites (tertiary alicyclic amines) is 1. The third kappa shape index (κ3) is 6.90. The van der Waals surface area contributed by atoms with E-state index in [9.17, 15) is 24.3 Å². The van der Waals surface area contributed by atoms with Crippen molar-refractivity contribution in [3.05, 3.63) is 76.7 Å². The summed E-state index contributed by atoms with van der Waals surface area (Å²) < 4.78 is 0. The number of nitrogens with one attached hydrogen (secondary N) is 2. The van der Waals surface area contributed by atoms with Crippen LogP contribution in [0.2, 0.25) is 0 Å². The molecule has 2 aromatic carbocycles. The number of rotatable bonds is 11. The number of hydrogen-bond acceptors (Lipinski definition) is 12. The molecule has 3 saturated heterocycles. The maximum atomic E-state index is 13.5. The highest BCUT2D eigenvalue weighted by Gasteiger charge is 2.50. The van der Waals surface area contributed by atoms with Crippen LogP contribution in [0.25, 0.3) is 5.70 Å². The Bertz CT molecular complexity index is 1910. The summed E-state index contributed by atoms with van der Waals surface area (Å²) in [7, 11) is 1.46. The first kappa shape index (κ1) is 36.9. The molecule has 0 spiro atoms. The molecule has 6 aliphatic rings. The molecule has 2 aromatic rings. The smallest absolute Gasteiger partial charge is 0.262 e. The number of amides is 3. The molecule has 0 radical (unpaired) electrons. The highest BCUT2D eigenvalue weighted by Crippen LogP contribution is 2.46. The second kappa shape index (κ2) is 15.2. The first-order chi connectivity index (χ1) is 26.6. The van der Waals surface area contributed by atoms with Crippen LogP contribution in [0.5, 0.6) is 5.75 Å². The number of piperazine rings is 1. The number of likely N-dealkylation sites (N-methyl/N-ethyl adjacent to an activating group) is 1. The number of nitrogens with zero attached hydrogens (tertiary/aromatic N) is 5. The fraction of sp³-hybridized carbons (Fsp3) is 0.512. The zero-order valence-corrected chi connectivity index (χ0v) is 31.5. The minimum Gasteiger partial charge on any atom is -0.507 e. The quantitative estimate of drug-likeness (QED) is 0.165. The molecule has 3 amide bonds. The van der Waals surface area contributed by atoms with Crippen LogP contribution in [0.4, 0.5) is 5.69 Å². The highest BCUT2D eigenvalue weighted by molar-refractivity contribution is 6.23. The molecule has 292 valence electrons. The number of piperidine rings is 1. The van der Waals surface area contributed by atoms with Gasteiger partial charge in [-0.1, -0.05) is 12.1 Å². The Morgan fingerprint density at radius 2 is 1.82 bits per heavy atom. The van der Waals surface area contributed by atoms with Crippen LogP contribution in [-0.2, 0) is 9.59 Å². The summed E-state index contributed by atoms with van der Waals surface area (Å²) in [5.74, 6) is 1.21. The Balaban J connectivity index is 0.827. The van der Waals surface area contributed by atoms with Crippen molar-refractivity contribution in [3.8, 4) is 5.75 Å². The van der Waals surface area contributed by atoms with Crippen LogP contribution in [0.3, 0.4) is 0 Å². The van der Waals surface area contributed by atoms with Gasteiger partial charge in [0.15, 0.2) is 0 Å². The number of phenolic OH excluding ortho intramolecular Hbond substituents is 1. The third-order valence-corrected chi connectivity index (χ3v) is 13.0. The minimum absolute atomic E-state index is 0.0793. The molecule has 14 nitrogen and oxygen atoms in total. The minimum atomic E-state index is -1.02. The summed E-state index contributed by atoms with van der Waals surface area (Å²) in [6.07, 6.45) is 6.33. The van der Waals surface area contributed by atoms with E-state index >= 15 is 0 Å². The number of imide groups is 1. The average molecular weight is 752 g/mol. The van der Waals surface area contributed by atoms with Crippen molar-refractivity contribution in [1.29, 1.82) is 0 Å². The molecule has 5 unspecified atom stereocenters. The predicted octanol–water partition coefficient (Wildman–Crippen LogP) is 1.34. The van der Waals surface area contributed by atoms with E-state index in [-0.39, 0.29) is 24.6 Å². The number of para-hydroxylation sites is 1. The van der Waals surface area contributed by atoms with Gasteiger partial charge in [-0.3, -0.25) is 29.1 Å². The second-order valence-electron chi connectivity index (χ2n) is 16.1. The molecule has 1 saturated carbocycles. The van der Waals surface area contributed by atoms with Crippen LogP contribution in [0.15, 0.2) is 60.1 Å². The number of anilines is 1. The molecular weight excluding hydrogens is 699 g/mol. The van der Waals surface area contributed by atoms with Crippen molar-refractivity contribution in [2.75, 3.05) is 70.9 Å². The van der Waals surface area contributed by atoms with Gasteiger partial charge in [0.25, 0.3) is 11.8 Å². The Hall–Kier alpha value is -5.08. The Kier molecular flexibility index (Phi) is 10.2. The van der Waals surface area contributed by atoms with Gasteiger partial charge in [0.1, 0.15) is 23.9 Å². The van der Waals surface area contributed by atoms with E-state index in [4.69, 9.17) is 11.5 Å². The van der Waals surface area contributed by atoms with E-state index in [1.54, 1.807) is 18.2 Å². The lowest BCUT2D eigenvalue weighted by Gasteiger charge is -2.50. The summed E-state index contributed by atoms with van der Waals surface area (Å²) in [6, 6.07) is 12.4. The molecule has 4 fully saturated rings. The fourth-order valence-corrected chi connectivity index (χ4v) is 9.98. The van der Waals surface area contributed by atoms with Crippen LogP contribution >= 0.6 is 0 Å². The van der Waals surface area contributed by atoms with Crippen LogP contribution in [-0.4, -0.2) is 133 Å². The van der Waals surface area contributed by atoms with Crippen LogP contribution < -0.4 is 27.0 Å². The number of aromatic hydroxyl groups is 1. The van der Waals surface area contributed by atoms with Gasteiger partial charge >= 0.3 is 0 Å². The maximum Gasteiger partial charge on any atom is 0.262 e. The topological polar surface area (TPSA) is 181 Å². The number of fused-ring (bicyclic) bond motifs is 3. The fourth-order valence-electron chi connectivity index (χ4n) is 9.98. The molecule has 7 N–H and O–H groups in total. The summed E-state index contributed by atoms with van der Waals surface area (Å²) in [5.41, 5.74) is 16.4. The summed E-state index contributed by atoms with van der Waals surface area (Å²) in [4.78, 5) is 61.5. The van der Waals surface area contributed by atoms with Crippen molar-refractivity contribution < 1.29 is 24.3 Å². The molecular formula is C41H53N9O5. The highest BCUT2D eigenvalue weighted by atomic mass is 16.3. The lowest BCUT2D eigenvalue weighted by Crippen LogP contribution is -2.60. The number of nitrogens with two attached hydrogens (primary N) is 2. The predicted molar refractivity (Wildman–Crippen MR) is 208 cm³/mol. The van der Waals surface area contributed by atoms with Crippen molar-refractivity contribution in [1.82, 2.24) is 30.2 Å². The molecule has 5 heterocycles. The largest absolute Gasteiger partial charge is 0.507 e. The zero-order chi connectivity index (χ0) is 38.4. The second-order valence-corrected chi connectivity index (χ2v) is 16.1. The van der Waals surface area contributed by atoms with Crippen molar-refractivity contribution >= 4 is 35.4 Å². The van der Waals surface area contributed by atoms with E-state index in [1.807, 2.05) is 30.3 Å². The Morgan fingerprint density at radius 1 is 1.04 bits per heavy atom. The van der Waals surface area contributed by atoms with Gasteiger partial charge in [-0.05, 0) is 92.9 Å². The number of carbonyl (C=O) groups is 4. The van der Waals surface area contributed by atoms with E-state index in [0.29, 0.717) is 58.3 Å². The lowest BCUT2D eigenvalue weighted by atomic mass is 9.70. The van der Waals surface area contributed by atoms with Gasteiger partial charge in [-0.25, -0.2) is 0 Å². The van der Waals surface area contributed by atoms with Crippen LogP contribution in [0, 0.1) is 17.8 Å². The third-order valence-electron chi connectivity index (χ3n) is 13.0. The normalized spacial score (nSPS) is 26.6. The standard InChI is InChI=1S/C41H53N9O5/c1-44-39(53)34(6-4-16-51)50-40(54)29-9-8-27(18-31(29)41(50)55)48-22-26-17-35(32(26)24-48)47-12-10-25(11-13-47)21-46-14-15-49-28(23-46)20-45-38(43)36(49)19-33(42)30-5-2-3-7-37(30)52/h2-3,5,7-9,16,18-19,25-26,28,32,34-35,45,52H,4,6,10-15,17,20-24,42-43H2,1H3,(H,44,53)/b33-19-. The van der Waals surface area contributed by atoms with Crippen molar-refractivity contribution in [2.45, 2.75) is 50.2 Å². The number of phenols is 1. The molecule has 5 atom stereocenters. The molecule has 0 aromatic heterocycles. The van der Waals surface area contributed by atoms with Gasteiger partial charge in [0.2, 0.25) is 5.91 Å². The van der Waals surface area contributed by atoms with Gasteiger partial charge in [0, 0.05) is 82.3 Å². The van der Waals surface area contributed by atoms with Crippen molar-refractivity contribution in [3.63, 3.8) is 0 Å². The van der Waals surface area contributed by atoms with Crippen LogP contribution in [0.1, 0.15) is 58.4 Å². The number of allylic oxidation sites excluding steroid dienone is 1. The molecule has 14 heteroatoms. The first-order valence-corrected chi connectivity index (χ1v) is 19.8. The van der Waals surface area contributed by atoms with E-state index in [2.05, 4.69) is 30.2 Å². The number of benzene rings is 2. The molecule has 5 aliphatic heterocycles. The number of hydrogen-bond donors (Lipinski definition) is 5. The maximum absolute atomic E-state index is 13.5. The number of carbonyl (C=O) groups excluding carboxylic acids is 4. The summed E-state index contributed by atoms with van der Waals surface area (Å²) in [5, 5.41) is 16.2. The summed E-state index contributed by atoms with van der Waals surface area (Å²) >= 11 is 0. The molecule has 55 heavy (non-hydrogen) atoms. The van der Waals surface area contributed by atoms with E-state index in [0.717, 1.165) is 75.2 Å². The zero-order valence-electron chi connectivity index (χ0n) is 31.5. The lowest BCUT2D eigenvalue weighted by molar-refractivity contribution is -0.124. The number of aldehydes is 1.